The quantitative estimate of drug-likeness (QED) is 0.912. The third-order valence-electron chi connectivity index (χ3n) is 3.74. The van der Waals surface area contributed by atoms with E-state index in [0.29, 0.717) is 25.3 Å². The van der Waals surface area contributed by atoms with Crippen LogP contribution < -0.4 is 0 Å². The lowest BCUT2D eigenvalue weighted by Crippen LogP contribution is -2.49. The maximum absolute atomic E-state index is 12.3. The molecule has 3 heterocycles. The van der Waals surface area contributed by atoms with Crippen molar-refractivity contribution in [3.05, 3.63) is 46.7 Å². The third-order valence-corrected chi connectivity index (χ3v) is 4.72. The second kappa shape index (κ2) is 6.95. The predicted molar refractivity (Wildman–Crippen MR) is 83.7 cm³/mol. The molecule has 3 rings (SSSR count). The fourth-order valence-corrected chi connectivity index (χ4v) is 3.22. The Bertz CT molecular complexity index is 597. The Hall–Kier alpha value is -1.83. The smallest absolute Gasteiger partial charge is 0.274 e. The van der Waals surface area contributed by atoms with E-state index in [1.54, 1.807) is 22.4 Å². The number of aliphatic hydroxyl groups excluding tert-OH is 1. The van der Waals surface area contributed by atoms with E-state index in [1.807, 2.05) is 17.5 Å². The number of β-amino-alcohol motifs (C(OH)–C–C–N with tert-alkyl or cyclic N) is 1. The molecule has 0 radical (unpaired) electrons. The number of carbonyl (C=O) groups is 1. The molecule has 2 aromatic rings. The van der Waals surface area contributed by atoms with Gasteiger partial charge in [-0.1, -0.05) is 6.07 Å². The highest BCUT2D eigenvalue weighted by molar-refractivity contribution is 7.10. The van der Waals surface area contributed by atoms with Gasteiger partial charge in [-0.15, -0.1) is 11.3 Å². The molecule has 7 heteroatoms. The largest absolute Gasteiger partial charge is 0.386 e. The van der Waals surface area contributed by atoms with Crippen molar-refractivity contribution in [2.75, 3.05) is 32.7 Å². The van der Waals surface area contributed by atoms with Crippen LogP contribution in [0.5, 0.6) is 0 Å². The average Bonchev–Trinajstić information content (AvgIpc) is 3.10. The van der Waals surface area contributed by atoms with E-state index in [0.717, 1.165) is 18.0 Å². The van der Waals surface area contributed by atoms with E-state index in [2.05, 4.69) is 14.9 Å². The molecule has 0 aliphatic carbocycles. The summed E-state index contributed by atoms with van der Waals surface area (Å²) in [6, 6.07) is 3.89. The van der Waals surface area contributed by atoms with Gasteiger partial charge in [0.2, 0.25) is 0 Å². The number of thiophene rings is 1. The summed E-state index contributed by atoms with van der Waals surface area (Å²) >= 11 is 1.57. The molecule has 0 spiro atoms. The van der Waals surface area contributed by atoms with Gasteiger partial charge in [-0.2, -0.15) is 0 Å². The Morgan fingerprint density at radius 1 is 1.32 bits per heavy atom. The zero-order valence-electron chi connectivity index (χ0n) is 12.1. The van der Waals surface area contributed by atoms with Crippen molar-refractivity contribution in [2.45, 2.75) is 6.10 Å². The summed E-state index contributed by atoms with van der Waals surface area (Å²) < 4.78 is 0. The zero-order valence-corrected chi connectivity index (χ0v) is 12.9. The Kier molecular flexibility index (Phi) is 4.77. The minimum Gasteiger partial charge on any atom is -0.386 e. The van der Waals surface area contributed by atoms with Gasteiger partial charge < -0.3 is 10.0 Å². The number of piperazine rings is 1. The Labute approximate surface area is 133 Å². The van der Waals surface area contributed by atoms with Gasteiger partial charge in [0.1, 0.15) is 11.8 Å². The number of hydrogen-bond acceptors (Lipinski definition) is 6. The summed E-state index contributed by atoms with van der Waals surface area (Å²) in [6.07, 6.45) is 4.12. The lowest BCUT2D eigenvalue weighted by Gasteiger charge is -2.35. The summed E-state index contributed by atoms with van der Waals surface area (Å²) in [4.78, 5) is 25.2. The van der Waals surface area contributed by atoms with E-state index in [-0.39, 0.29) is 5.91 Å². The summed E-state index contributed by atoms with van der Waals surface area (Å²) in [7, 11) is 0. The molecular weight excluding hydrogens is 300 g/mol. The second-order valence-electron chi connectivity index (χ2n) is 5.21. The SMILES string of the molecule is O=C(c1cnccn1)N1CCN(CC(O)c2cccs2)CC1. The van der Waals surface area contributed by atoms with Gasteiger partial charge in [-0.05, 0) is 11.4 Å². The highest BCUT2D eigenvalue weighted by Gasteiger charge is 2.24. The molecule has 1 unspecified atom stereocenters. The van der Waals surface area contributed by atoms with Crippen molar-refractivity contribution in [1.29, 1.82) is 0 Å². The number of rotatable bonds is 4. The van der Waals surface area contributed by atoms with Crippen LogP contribution >= 0.6 is 11.3 Å². The van der Waals surface area contributed by atoms with Gasteiger partial charge in [-0.3, -0.25) is 14.7 Å². The van der Waals surface area contributed by atoms with Crippen molar-refractivity contribution in [2.24, 2.45) is 0 Å². The summed E-state index contributed by atoms with van der Waals surface area (Å²) in [5.74, 6) is -0.0773. The van der Waals surface area contributed by atoms with Gasteiger partial charge in [0, 0.05) is 50.0 Å². The Morgan fingerprint density at radius 2 is 2.14 bits per heavy atom. The molecule has 1 aliphatic rings. The van der Waals surface area contributed by atoms with Crippen LogP contribution in [0.2, 0.25) is 0 Å². The van der Waals surface area contributed by atoms with Gasteiger partial charge >= 0.3 is 0 Å². The van der Waals surface area contributed by atoms with Gasteiger partial charge in [-0.25, -0.2) is 4.98 Å². The van der Waals surface area contributed by atoms with Gasteiger partial charge in [0.05, 0.1) is 6.20 Å². The first-order valence-electron chi connectivity index (χ1n) is 7.23. The molecule has 22 heavy (non-hydrogen) atoms. The van der Waals surface area contributed by atoms with Crippen molar-refractivity contribution in [1.82, 2.24) is 19.8 Å². The van der Waals surface area contributed by atoms with Gasteiger partial charge in [0.25, 0.3) is 5.91 Å². The van der Waals surface area contributed by atoms with E-state index in [4.69, 9.17) is 0 Å². The average molecular weight is 318 g/mol. The molecule has 1 fully saturated rings. The van der Waals surface area contributed by atoms with Crippen LogP contribution in [-0.2, 0) is 0 Å². The fraction of sp³-hybridized carbons (Fsp3) is 0.400. The zero-order chi connectivity index (χ0) is 15.4. The van der Waals surface area contributed by atoms with Crippen LogP contribution in [0.15, 0.2) is 36.1 Å². The highest BCUT2D eigenvalue weighted by atomic mass is 32.1. The molecule has 1 aliphatic heterocycles. The first-order chi connectivity index (χ1) is 10.7. The van der Waals surface area contributed by atoms with Crippen LogP contribution in [-0.4, -0.2) is 63.5 Å². The molecule has 0 aromatic carbocycles. The highest BCUT2D eigenvalue weighted by Crippen LogP contribution is 2.20. The lowest BCUT2D eigenvalue weighted by molar-refractivity contribution is 0.0528. The molecule has 2 aromatic heterocycles. The minimum atomic E-state index is -0.456. The molecular formula is C15H18N4O2S. The van der Waals surface area contributed by atoms with Crippen LogP contribution in [0.4, 0.5) is 0 Å². The first kappa shape index (κ1) is 15.1. The Morgan fingerprint density at radius 3 is 2.77 bits per heavy atom. The van der Waals surface area contributed by atoms with Crippen LogP contribution in [0.1, 0.15) is 21.5 Å². The number of hydrogen-bond donors (Lipinski definition) is 1. The van der Waals surface area contributed by atoms with Crippen molar-refractivity contribution >= 4 is 17.2 Å². The molecule has 0 bridgehead atoms. The standard InChI is InChI=1S/C15H18N4O2S/c20-13(14-2-1-9-22-14)11-18-5-7-19(8-6-18)15(21)12-10-16-3-4-17-12/h1-4,9-10,13,20H,5-8,11H2. The monoisotopic (exact) mass is 318 g/mol. The summed E-state index contributed by atoms with van der Waals surface area (Å²) in [6.45, 7) is 3.41. The van der Waals surface area contributed by atoms with Crippen molar-refractivity contribution in [3.8, 4) is 0 Å². The first-order valence-corrected chi connectivity index (χ1v) is 8.11. The molecule has 1 atom stereocenters. The van der Waals surface area contributed by atoms with E-state index >= 15 is 0 Å². The minimum absolute atomic E-state index is 0.0773. The molecule has 1 amide bonds. The fourth-order valence-electron chi connectivity index (χ4n) is 2.52. The molecule has 6 nitrogen and oxygen atoms in total. The number of aromatic nitrogens is 2. The van der Waals surface area contributed by atoms with E-state index in [9.17, 15) is 9.90 Å². The van der Waals surface area contributed by atoms with Crippen LogP contribution in [0.25, 0.3) is 0 Å². The maximum atomic E-state index is 12.3. The molecule has 0 saturated carbocycles. The third kappa shape index (κ3) is 3.49. The lowest BCUT2D eigenvalue weighted by atomic mass is 10.2. The van der Waals surface area contributed by atoms with Crippen LogP contribution in [0.3, 0.4) is 0 Å². The number of nitrogens with zero attached hydrogens (tertiary/aromatic N) is 4. The summed E-state index contributed by atoms with van der Waals surface area (Å²) in [5, 5.41) is 12.2. The molecule has 1 N–H and O–H groups in total. The topological polar surface area (TPSA) is 69.6 Å². The normalized spacial score (nSPS) is 17.4. The molecule has 116 valence electrons. The van der Waals surface area contributed by atoms with Crippen molar-refractivity contribution in [3.63, 3.8) is 0 Å². The number of carbonyl (C=O) groups excluding carboxylic acids is 1. The van der Waals surface area contributed by atoms with Crippen LogP contribution in [0, 0.1) is 0 Å². The molecule has 1 saturated heterocycles. The number of amides is 1. The predicted octanol–water partition coefficient (Wildman–Crippen LogP) is 1.03. The van der Waals surface area contributed by atoms with E-state index in [1.165, 1.54) is 12.4 Å². The summed E-state index contributed by atoms with van der Waals surface area (Å²) in [5.41, 5.74) is 0.384. The van der Waals surface area contributed by atoms with E-state index < -0.39 is 6.10 Å². The second-order valence-corrected chi connectivity index (χ2v) is 6.19. The number of aliphatic hydroxyl groups is 1. The van der Waals surface area contributed by atoms with Crippen molar-refractivity contribution < 1.29 is 9.90 Å². The maximum Gasteiger partial charge on any atom is 0.274 e. The van der Waals surface area contributed by atoms with Gasteiger partial charge in [0.15, 0.2) is 0 Å². The Balaban J connectivity index is 1.51.